The van der Waals surface area contributed by atoms with Crippen LogP contribution in [0.1, 0.15) is 40.1 Å². The van der Waals surface area contributed by atoms with Gasteiger partial charge in [0.15, 0.2) is 11.9 Å². The lowest BCUT2D eigenvalue weighted by Crippen LogP contribution is -2.30. The fourth-order valence-electron chi connectivity index (χ4n) is 3.07. The summed E-state index contributed by atoms with van der Waals surface area (Å²) in [6.07, 6.45) is -1.22. The number of hydrogen-bond donors (Lipinski definition) is 2. The second kappa shape index (κ2) is 10.5. The van der Waals surface area contributed by atoms with E-state index in [1.807, 2.05) is 0 Å². The molecule has 3 aromatic rings. The summed E-state index contributed by atoms with van der Waals surface area (Å²) in [5.74, 6) is -2.47. The number of anilines is 2. The van der Waals surface area contributed by atoms with Gasteiger partial charge >= 0.3 is 5.97 Å². The average Bonchev–Trinajstić information content (AvgIpc) is 2.80. The first-order valence-corrected chi connectivity index (χ1v) is 12.0. The van der Waals surface area contributed by atoms with Crippen LogP contribution in [0.4, 0.5) is 15.8 Å². The smallest absolute Gasteiger partial charge is 0.339 e. The minimum absolute atomic E-state index is 0.0698. The van der Waals surface area contributed by atoms with Crippen molar-refractivity contribution in [2.75, 3.05) is 10.0 Å². The molecule has 3 aromatic carbocycles. The fourth-order valence-corrected chi connectivity index (χ4v) is 4.17. The van der Waals surface area contributed by atoms with E-state index in [0.29, 0.717) is 16.8 Å². The third-order valence-electron chi connectivity index (χ3n) is 5.05. The van der Waals surface area contributed by atoms with E-state index in [4.69, 9.17) is 4.74 Å². The molecule has 0 aromatic heterocycles. The van der Waals surface area contributed by atoms with Gasteiger partial charge in [-0.1, -0.05) is 30.3 Å². The van der Waals surface area contributed by atoms with Gasteiger partial charge in [0, 0.05) is 11.3 Å². The zero-order valence-corrected chi connectivity index (χ0v) is 20.0. The first-order valence-electron chi connectivity index (χ1n) is 10.5. The predicted molar refractivity (Wildman–Crippen MR) is 128 cm³/mol. The molecule has 0 aliphatic heterocycles. The second-order valence-corrected chi connectivity index (χ2v) is 9.42. The van der Waals surface area contributed by atoms with Crippen molar-refractivity contribution in [3.8, 4) is 0 Å². The lowest BCUT2D eigenvalue weighted by molar-refractivity contribution is -0.123. The van der Waals surface area contributed by atoms with Crippen molar-refractivity contribution < 1.29 is 31.9 Å². The number of carbonyl (C=O) groups excluding carboxylic acids is 3. The van der Waals surface area contributed by atoms with Crippen molar-refractivity contribution in [1.82, 2.24) is 0 Å². The van der Waals surface area contributed by atoms with Gasteiger partial charge in [-0.2, -0.15) is 0 Å². The van der Waals surface area contributed by atoms with Crippen LogP contribution in [0.15, 0.2) is 71.6 Å². The minimum Gasteiger partial charge on any atom is -0.449 e. The maximum Gasteiger partial charge on any atom is 0.339 e. The van der Waals surface area contributed by atoms with Gasteiger partial charge in [-0.15, -0.1) is 0 Å². The summed E-state index contributed by atoms with van der Waals surface area (Å²) >= 11 is 0. The van der Waals surface area contributed by atoms with Gasteiger partial charge in [0.25, 0.3) is 15.9 Å². The Balaban J connectivity index is 1.75. The molecule has 0 radical (unpaired) electrons. The lowest BCUT2D eigenvalue weighted by Gasteiger charge is -2.15. The Morgan fingerprint density at radius 1 is 0.971 bits per heavy atom. The number of ketones is 1. The van der Waals surface area contributed by atoms with Crippen molar-refractivity contribution in [1.29, 1.82) is 0 Å². The van der Waals surface area contributed by atoms with E-state index in [9.17, 15) is 27.2 Å². The molecule has 2 N–H and O–H groups in total. The third kappa shape index (κ3) is 6.30. The summed E-state index contributed by atoms with van der Waals surface area (Å²) in [4.78, 5) is 36.5. The van der Waals surface area contributed by atoms with E-state index in [1.54, 1.807) is 25.1 Å². The largest absolute Gasteiger partial charge is 0.449 e. The van der Waals surface area contributed by atoms with Crippen LogP contribution in [-0.4, -0.2) is 32.2 Å². The van der Waals surface area contributed by atoms with Crippen molar-refractivity contribution in [3.63, 3.8) is 0 Å². The number of hydrogen-bond acceptors (Lipinski definition) is 6. The molecule has 0 aliphatic carbocycles. The molecule has 3 rings (SSSR count). The van der Waals surface area contributed by atoms with Crippen molar-refractivity contribution >= 4 is 39.1 Å². The molecule has 35 heavy (non-hydrogen) atoms. The predicted octanol–water partition coefficient (Wildman–Crippen LogP) is 4.32. The number of nitrogens with one attached hydrogen (secondary N) is 2. The summed E-state index contributed by atoms with van der Waals surface area (Å²) in [5.41, 5.74) is 0.872. The van der Waals surface area contributed by atoms with Crippen molar-refractivity contribution in [2.24, 2.45) is 0 Å². The van der Waals surface area contributed by atoms with E-state index >= 15 is 0 Å². The fraction of sp³-hybridized carbons (Fsp3) is 0.160. The maximum atomic E-state index is 13.9. The normalized spacial score (nSPS) is 11.9. The highest BCUT2D eigenvalue weighted by molar-refractivity contribution is 7.92. The van der Waals surface area contributed by atoms with Crippen LogP contribution in [0.5, 0.6) is 0 Å². The number of benzene rings is 3. The topological polar surface area (TPSA) is 119 Å². The van der Waals surface area contributed by atoms with Gasteiger partial charge in [0.05, 0.1) is 16.1 Å². The Kier molecular flexibility index (Phi) is 7.65. The molecule has 10 heteroatoms. The minimum atomic E-state index is -4.21. The highest BCUT2D eigenvalue weighted by Gasteiger charge is 2.23. The van der Waals surface area contributed by atoms with Crippen LogP contribution < -0.4 is 10.0 Å². The number of halogens is 1. The molecule has 0 heterocycles. The summed E-state index contributed by atoms with van der Waals surface area (Å²) in [5, 5.41) is 2.57. The first kappa shape index (κ1) is 25.6. The van der Waals surface area contributed by atoms with Crippen LogP contribution in [0, 0.1) is 12.7 Å². The number of aryl methyl sites for hydroxylation is 1. The van der Waals surface area contributed by atoms with E-state index in [0.717, 1.165) is 12.1 Å². The van der Waals surface area contributed by atoms with Crippen LogP contribution in [-0.2, 0) is 19.6 Å². The van der Waals surface area contributed by atoms with E-state index < -0.39 is 33.8 Å². The number of carbonyl (C=O) groups is 3. The molecule has 1 amide bonds. The molecule has 8 nitrogen and oxygen atoms in total. The molecule has 0 fully saturated rings. The Morgan fingerprint density at radius 2 is 1.69 bits per heavy atom. The van der Waals surface area contributed by atoms with E-state index in [2.05, 4.69) is 10.0 Å². The van der Waals surface area contributed by atoms with Gasteiger partial charge in [-0.05, 0) is 62.7 Å². The highest BCUT2D eigenvalue weighted by Crippen LogP contribution is 2.22. The summed E-state index contributed by atoms with van der Waals surface area (Å²) in [7, 11) is -4.21. The zero-order chi connectivity index (χ0) is 25.8. The quantitative estimate of drug-likeness (QED) is 0.353. The number of para-hydroxylation sites is 1. The van der Waals surface area contributed by atoms with E-state index in [-0.39, 0.29) is 21.9 Å². The van der Waals surface area contributed by atoms with Gasteiger partial charge in [0.1, 0.15) is 5.82 Å². The number of ether oxygens (including phenoxy) is 1. The van der Waals surface area contributed by atoms with Crippen LogP contribution in [0.3, 0.4) is 0 Å². The third-order valence-corrected chi connectivity index (χ3v) is 6.41. The Hall–Kier alpha value is -4.05. The molecular formula is C25H23FN2O6S. The Morgan fingerprint density at radius 3 is 2.37 bits per heavy atom. The van der Waals surface area contributed by atoms with Gasteiger partial charge in [-0.25, -0.2) is 17.6 Å². The van der Waals surface area contributed by atoms with Crippen molar-refractivity contribution in [2.45, 2.75) is 31.8 Å². The van der Waals surface area contributed by atoms with Crippen LogP contribution in [0.25, 0.3) is 0 Å². The molecule has 0 spiro atoms. The number of rotatable bonds is 8. The SMILES string of the molecule is CC(=O)c1cccc(NC(=O)C(C)OC(=O)c2cc(S(=O)(=O)Nc3ccccc3F)ccc2C)c1. The Labute approximate surface area is 202 Å². The highest BCUT2D eigenvalue weighted by atomic mass is 32.2. The molecule has 0 saturated heterocycles. The number of Topliss-reactive ketones (excluding diaryl/α,β-unsaturated/α-hetero) is 1. The number of sulfonamides is 1. The van der Waals surface area contributed by atoms with Gasteiger partial charge in [-0.3, -0.25) is 14.3 Å². The molecule has 0 aliphatic rings. The van der Waals surface area contributed by atoms with E-state index in [1.165, 1.54) is 50.2 Å². The van der Waals surface area contributed by atoms with Crippen LogP contribution in [0.2, 0.25) is 0 Å². The molecule has 1 unspecified atom stereocenters. The zero-order valence-electron chi connectivity index (χ0n) is 19.2. The molecular weight excluding hydrogens is 475 g/mol. The number of amides is 1. The standard InChI is InChI=1S/C25H23FN2O6S/c1-15-11-12-20(35(32,33)28-23-10-5-4-9-22(23)26)14-21(15)25(31)34-17(3)24(30)27-19-8-6-7-18(13-19)16(2)29/h4-14,17,28H,1-3H3,(H,27,30). The van der Waals surface area contributed by atoms with Crippen LogP contribution >= 0.6 is 0 Å². The van der Waals surface area contributed by atoms with Gasteiger partial charge in [0.2, 0.25) is 0 Å². The van der Waals surface area contributed by atoms with Crippen molar-refractivity contribution in [3.05, 3.63) is 89.2 Å². The molecule has 0 saturated carbocycles. The van der Waals surface area contributed by atoms with Gasteiger partial charge < -0.3 is 10.1 Å². The monoisotopic (exact) mass is 498 g/mol. The lowest BCUT2D eigenvalue weighted by atomic mass is 10.1. The summed E-state index contributed by atoms with van der Waals surface area (Å²) < 4.78 is 46.7. The Bertz CT molecular complexity index is 1400. The summed E-state index contributed by atoms with van der Waals surface area (Å²) in [6, 6.07) is 15.3. The molecule has 0 bridgehead atoms. The maximum absolute atomic E-state index is 13.9. The second-order valence-electron chi connectivity index (χ2n) is 7.74. The average molecular weight is 499 g/mol. The number of esters is 1. The molecule has 182 valence electrons. The first-order chi connectivity index (χ1) is 16.5. The summed E-state index contributed by atoms with van der Waals surface area (Å²) in [6.45, 7) is 4.33. The molecule has 1 atom stereocenters.